The van der Waals surface area contributed by atoms with Gasteiger partial charge in [-0.3, -0.25) is 10.1 Å². The summed E-state index contributed by atoms with van der Waals surface area (Å²) in [6.45, 7) is 7.22. The number of aliphatic imine (C=N–C) groups is 1. The number of benzene rings is 4. The first-order valence-corrected chi connectivity index (χ1v) is 12.8. The van der Waals surface area contributed by atoms with Crippen LogP contribution in [0.1, 0.15) is 27.8 Å². The number of hydrogen-bond acceptors (Lipinski definition) is 5. The third kappa shape index (κ3) is 6.98. The highest BCUT2D eigenvalue weighted by Gasteiger charge is 2.19. The fraction of sp³-hybridized carbons (Fsp3) is 0.167. The second-order valence-corrected chi connectivity index (χ2v) is 10.0. The van der Waals surface area contributed by atoms with Crippen LogP contribution in [0.15, 0.2) is 101 Å². The summed E-state index contributed by atoms with van der Waals surface area (Å²) >= 11 is 1.50. The first-order chi connectivity index (χ1) is 17.8. The minimum atomic E-state index is -0.400. The van der Waals surface area contributed by atoms with E-state index in [4.69, 9.17) is 4.99 Å². The van der Waals surface area contributed by atoms with Crippen molar-refractivity contribution in [2.24, 2.45) is 4.99 Å². The second kappa shape index (κ2) is 11.8. The van der Waals surface area contributed by atoms with E-state index in [1.165, 1.54) is 29.0 Å². The van der Waals surface area contributed by atoms with E-state index in [-0.39, 0.29) is 11.4 Å². The lowest BCUT2D eigenvalue weighted by Crippen LogP contribution is -2.28. The molecule has 37 heavy (non-hydrogen) atoms. The number of amidine groups is 1. The Balaban J connectivity index is 1.82. The van der Waals surface area contributed by atoms with Crippen LogP contribution in [0.5, 0.6) is 5.75 Å². The molecule has 4 aromatic carbocycles. The molecule has 0 aliphatic rings. The van der Waals surface area contributed by atoms with E-state index < -0.39 is 4.92 Å². The molecule has 0 aromatic heterocycles. The fourth-order valence-electron chi connectivity index (χ4n) is 3.91. The standard InChI is InChI=1S/C30H29N3O3S/c1-21-8-11-24(12-9-21)19-32(20-25-13-15-26(34)16-14-25)30(37-29-17-10-22(2)18-23(29)3)31-27-6-4-5-7-28(27)33(35)36/h4-18,34H,19-20H2,1-3H3. The number of nitro benzene ring substituents is 1. The quantitative estimate of drug-likeness (QED) is 0.0904. The van der Waals surface area contributed by atoms with Crippen molar-refractivity contribution in [3.05, 3.63) is 129 Å². The van der Waals surface area contributed by atoms with Crippen LogP contribution in [0.2, 0.25) is 0 Å². The van der Waals surface area contributed by atoms with Crippen molar-refractivity contribution in [2.45, 2.75) is 38.8 Å². The molecule has 4 aromatic rings. The lowest BCUT2D eigenvalue weighted by Gasteiger charge is -2.27. The van der Waals surface area contributed by atoms with Crippen LogP contribution in [-0.2, 0) is 13.1 Å². The van der Waals surface area contributed by atoms with Crippen LogP contribution >= 0.6 is 11.8 Å². The number of rotatable bonds is 7. The molecule has 0 fully saturated rings. The molecule has 0 aliphatic carbocycles. The summed E-state index contributed by atoms with van der Waals surface area (Å²) in [7, 11) is 0. The Morgan fingerprint density at radius 1 is 0.865 bits per heavy atom. The maximum absolute atomic E-state index is 11.8. The summed E-state index contributed by atoms with van der Waals surface area (Å²) in [4.78, 5) is 19.4. The van der Waals surface area contributed by atoms with Crippen LogP contribution < -0.4 is 0 Å². The largest absolute Gasteiger partial charge is 0.508 e. The van der Waals surface area contributed by atoms with Gasteiger partial charge in [0.15, 0.2) is 5.17 Å². The zero-order valence-corrected chi connectivity index (χ0v) is 21.9. The van der Waals surface area contributed by atoms with Gasteiger partial charge in [0.25, 0.3) is 5.69 Å². The van der Waals surface area contributed by atoms with E-state index in [1.54, 1.807) is 30.3 Å². The van der Waals surface area contributed by atoms with Gasteiger partial charge in [-0.25, -0.2) is 4.99 Å². The van der Waals surface area contributed by atoms with Gasteiger partial charge >= 0.3 is 0 Å². The van der Waals surface area contributed by atoms with Gasteiger partial charge in [-0.15, -0.1) is 0 Å². The first kappa shape index (κ1) is 26.0. The second-order valence-electron chi connectivity index (χ2n) is 9.02. The van der Waals surface area contributed by atoms with Crippen molar-refractivity contribution in [3.8, 4) is 5.75 Å². The average Bonchev–Trinajstić information content (AvgIpc) is 2.87. The van der Waals surface area contributed by atoms with Crippen molar-refractivity contribution < 1.29 is 10.0 Å². The van der Waals surface area contributed by atoms with Crippen LogP contribution in [0.3, 0.4) is 0 Å². The Bertz CT molecular complexity index is 1370. The van der Waals surface area contributed by atoms with Crippen LogP contribution in [0.25, 0.3) is 0 Å². The van der Waals surface area contributed by atoms with Crippen molar-refractivity contribution in [2.75, 3.05) is 0 Å². The van der Waals surface area contributed by atoms with E-state index in [2.05, 4.69) is 68.1 Å². The van der Waals surface area contributed by atoms with Crippen molar-refractivity contribution in [1.82, 2.24) is 4.90 Å². The van der Waals surface area contributed by atoms with E-state index in [0.717, 1.165) is 21.6 Å². The molecule has 4 rings (SSSR count). The predicted octanol–water partition coefficient (Wildman–Crippen LogP) is 7.71. The third-order valence-corrected chi connectivity index (χ3v) is 7.11. The van der Waals surface area contributed by atoms with Gasteiger partial charge in [0.05, 0.1) is 4.92 Å². The summed E-state index contributed by atoms with van der Waals surface area (Å²) < 4.78 is 0. The van der Waals surface area contributed by atoms with E-state index >= 15 is 0 Å². The SMILES string of the molecule is Cc1ccc(CN(Cc2ccc(O)cc2)C(=Nc2ccccc2[N+](=O)[O-])Sc2ccc(C)cc2C)cc1. The minimum Gasteiger partial charge on any atom is -0.508 e. The monoisotopic (exact) mass is 511 g/mol. The Morgan fingerprint density at radius 2 is 1.46 bits per heavy atom. The predicted molar refractivity (Wildman–Crippen MR) is 150 cm³/mol. The highest BCUT2D eigenvalue weighted by molar-refractivity contribution is 8.13. The van der Waals surface area contributed by atoms with Crippen LogP contribution in [0.4, 0.5) is 11.4 Å². The molecule has 188 valence electrons. The number of nitrogens with zero attached hydrogens (tertiary/aromatic N) is 3. The van der Waals surface area contributed by atoms with Gasteiger partial charge in [-0.1, -0.05) is 83.6 Å². The Labute approximate surface area is 221 Å². The number of phenolic OH excluding ortho intramolecular Hbond substituents is 1. The molecule has 0 saturated heterocycles. The van der Waals surface area contributed by atoms with Gasteiger partial charge in [0, 0.05) is 24.1 Å². The van der Waals surface area contributed by atoms with Crippen molar-refractivity contribution >= 4 is 28.3 Å². The van der Waals surface area contributed by atoms with Gasteiger partial charge in [-0.05, 0) is 61.7 Å². The highest BCUT2D eigenvalue weighted by Crippen LogP contribution is 2.33. The lowest BCUT2D eigenvalue weighted by molar-refractivity contribution is -0.384. The van der Waals surface area contributed by atoms with Crippen LogP contribution in [-0.4, -0.2) is 20.1 Å². The molecule has 7 heteroatoms. The molecular formula is C30H29N3O3S. The number of nitro groups is 1. The topological polar surface area (TPSA) is 79.0 Å². The van der Waals surface area contributed by atoms with Crippen LogP contribution in [0, 0.1) is 30.9 Å². The highest BCUT2D eigenvalue weighted by atomic mass is 32.2. The summed E-state index contributed by atoms with van der Waals surface area (Å²) in [5, 5.41) is 22.2. The van der Waals surface area contributed by atoms with E-state index in [1.807, 2.05) is 12.1 Å². The van der Waals surface area contributed by atoms with Gasteiger partial charge in [0.2, 0.25) is 0 Å². The van der Waals surface area contributed by atoms with E-state index in [0.29, 0.717) is 23.9 Å². The maximum atomic E-state index is 11.8. The Morgan fingerprint density at radius 3 is 2.08 bits per heavy atom. The number of hydrogen-bond donors (Lipinski definition) is 1. The maximum Gasteiger partial charge on any atom is 0.294 e. The zero-order valence-electron chi connectivity index (χ0n) is 21.1. The summed E-state index contributed by atoms with van der Waals surface area (Å²) in [6, 6.07) is 28.2. The molecule has 0 amide bonds. The van der Waals surface area contributed by atoms with Gasteiger partial charge in [0.1, 0.15) is 11.4 Å². The average molecular weight is 512 g/mol. The fourth-order valence-corrected chi connectivity index (χ4v) is 4.87. The number of aryl methyl sites for hydroxylation is 3. The molecule has 0 atom stereocenters. The van der Waals surface area contributed by atoms with E-state index in [9.17, 15) is 15.2 Å². The molecule has 0 aliphatic heterocycles. The molecular weight excluding hydrogens is 482 g/mol. The summed E-state index contributed by atoms with van der Waals surface area (Å²) in [5.41, 5.74) is 5.80. The molecule has 0 radical (unpaired) electrons. The zero-order chi connectivity index (χ0) is 26.4. The number of para-hydroxylation sites is 2. The molecule has 0 bridgehead atoms. The molecule has 0 unspecified atom stereocenters. The number of aromatic hydroxyl groups is 1. The number of thioether (sulfide) groups is 1. The summed E-state index contributed by atoms with van der Waals surface area (Å²) in [5.74, 6) is 0.201. The normalized spacial score (nSPS) is 11.4. The Kier molecular flexibility index (Phi) is 8.25. The molecule has 0 heterocycles. The lowest BCUT2D eigenvalue weighted by atomic mass is 10.1. The van der Waals surface area contributed by atoms with Gasteiger partial charge in [-0.2, -0.15) is 0 Å². The first-order valence-electron chi connectivity index (χ1n) is 11.9. The van der Waals surface area contributed by atoms with Crippen molar-refractivity contribution in [1.29, 1.82) is 0 Å². The molecule has 6 nitrogen and oxygen atoms in total. The third-order valence-electron chi connectivity index (χ3n) is 5.90. The minimum absolute atomic E-state index is 0.0406. The van der Waals surface area contributed by atoms with Gasteiger partial charge < -0.3 is 10.0 Å². The molecule has 1 N–H and O–H groups in total. The smallest absolute Gasteiger partial charge is 0.294 e. The molecule has 0 spiro atoms. The van der Waals surface area contributed by atoms with Crippen molar-refractivity contribution in [3.63, 3.8) is 0 Å². The molecule has 0 saturated carbocycles. The summed E-state index contributed by atoms with van der Waals surface area (Å²) in [6.07, 6.45) is 0. The Hall–Kier alpha value is -4.10. The number of phenols is 1.